The minimum absolute atomic E-state index is 0.417. The largest absolute Gasteiger partial charge is 0.388 e. The number of nitriles is 1. The molecule has 0 spiro atoms. The smallest absolute Gasteiger partial charge is 0.0866 e. The summed E-state index contributed by atoms with van der Waals surface area (Å²) in [5.41, 5.74) is -1.07. The van der Waals surface area contributed by atoms with Gasteiger partial charge in [-0.3, -0.25) is 0 Å². The van der Waals surface area contributed by atoms with Crippen LogP contribution in [0.2, 0.25) is 0 Å². The molecule has 4 fully saturated rings. The van der Waals surface area contributed by atoms with Gasteiger partial charge in [0.1, 0.15) is 0 Å². The van der Waals surface area contributed by atoms with Gasteiger partial charge in [-0.2, -0.15) is 5.26 Å². The van der Waals surface area contributed by atoms with Gasteiger partial charge >= 0.3 is 0 Å². The Hall–Kier alpha value is -0.550. The van der Waals surface area contributed by atoms with E-state index in [2.05, 4.69) is 13.0 Å². The first-order valence-corrected chi connectivity index (χ1v) is 8.23. The predicted octanol–water partition coefficient (Wildman–Crippen LogP) is 3.50. The molecule has 0 aromatic carbocycles. The lowest BCUT2D eigenvalue weighted by Gasteiger charge is -2.47. The van der Waals surface area contributed by atoms with Crippen LogP contribution in [-0.2, 0) is 0 Å². The minimum atomic E-state index is -0.650. The number of rotatable bonds is 1. The van der Waals surface area contributed by atoms with Gasteiger partial charge in [-0.25, -0.2) is 0 Å². The molecule has 19 heavy (non-hydrogen) atoms. The first-order valence-electron chi connectivity index (χ1n) is 8.23. The Morgan fingerprint density at radius 1 is 1.16 bits per heavy atom. The summed E-state index contributed by atoms with van der Waals surface area (Å²) in [5.74, 6) is 3.41. The summed E-state index contributed by atoms with van der Waals surface area (Å²) >= 11 is 0. The molecule has 1 N–H and O–H groups in total. The Balaban J connectivity index is 1.70. The summed E-state index contributed by atoms with van der Waals surface area (Å²) in [6.07, 6.45) is 9.18. The van der Waals surface area contributed by atoms with Crippen molar-refractivity contribution in [2.24, 2.45) is 35.0 Å². The molecule has 104 valence electrons. The molecule has 0 amide bonds. The van der Waals surface area contributed by atoms with Crippen LogP contribution >= 0.6 is 0 Å². The van der Waals surface area contributed by atoms with Crippen molar-refractivity contribution in [2.75, 3.05) is 0 Å². The van der Waals surface area contributed by atoms with Crippen molar-refractivity contribution in [3.63, 3.8) is 0 Å². The van der Waals surface area contributed by atoms with Crippen LogP contribution in [0.3, 0.4) is 0 Å². The Labute approximate surface area is 116 Å². The lowest BCUT2D eigenvalue weighted by atomic mass is 9.60. The molecule has 0 radical (unpaired) electrons. The molecule has 0 aromatic heterocycles. The third-order valence-electron chi connectivity index (χ3n) is 7.29. The van der Waals surface area contributed by atoms with Gasteiger partial charge < -0.3 is 5.11 Å². The van der Waals surface area contributed by atoms with Crippen LogP contribution < -0.4 is 0 Å². The maximum atomic E-state index is 11.5. The first kappa shape index (κ1) is 12.2. The zero-order valence-corrected chi connectivity index (χ0v) is 11.9. The van der Waals surface area contributed by atoms with Gasteiger partial charge in [0.15, 0.2) is 0 Å². The van der Waals surface area contributed by atoms with E-state index in [4.69, 9.17) is 0 Å². The predicted molar refractivity (Wildman–Crippen MR) is 73.1 cm³/mol. The zero-order chi connectivity index (χ0) is 13.3. The van der Waals surface area contributed by atoms with Gasteiger partial charge in [-0.15, -0.1) is 0 Å². The summed E-state index contributed by atoms with van der Waals surface area (Å²) in [7, 11) is 0. The second kappa shape index (κ2) is 3.76. The summed E-state index contributed by atoms with van der Waals surface area (Å²) in [6, 6.07) is 2.61. The molecule has 7 atom stereocenters. The molecule has 2 nitrogen and oxygen atoms in total. The van der Waals surface area contributed by atoms with Crippen LogP contribution in [-0.4, -0.2) is 10.7 Å². The fourth-order valence-electron chi connectivity index (χ4n) is 6.55. The highest BCUT2D eigenvalue weighted by molar-refractivity contribution is 5.23. The molecule has 2 heteroatoms. The molecule has 0 heterocycles. The van der Waals surface area contributed by atoms with Crippen molar-refractivity contribution in [1.29, 1.82) is 5.26 Å². The van der Waals surface area contributed by atoms with Gasteiger partial charge in [-0.1, -0.05) is 13.3 Å². The highest BCUT2D eigenvalue weighted by Gasteiger charge is 2.68. The van der Waals surface area contributed by atoms with Crippen LogP contribution in [0.1, 0.15) is 58.3 Å². The second-order valence-corrected chi connectivity index (χ2v) is 8.03. The average Bonchev–Trinajstić information content (AvgIpc) is 3.08. The van der Waals surface area contributed by atoms with E-state index in [1.165, 1.54) is 25.7 Å². The molecular weight excluding hydrogens is 234 g/mol. The van der Waals surface area contributed by atoms with Crippen molar-refractivity contribution < 1.29 is 5.11 Å². The van der Waals surface area contributed by atoms with Gasteiger partial charge in [0.25, 0.3) is 0 Å². The van der Waals surface area contributed by atoms with Crippen LogP contribution in [0.25, 0.3) is 0 Å². The van der Waals surface area contributed by atoms with Crippen molar-refractivity contribution in [3.8, 4) is 6.07 Å². The summed E-state index contributed by atoms with van der Waals surface area (Å²) in [4.78, 5) is 0. The quantitative estimate of drug-likeness (QED) is 0.783. The fraction of sp³-hybridized carbons (Fsp3) is 0.941. The van der Waals surface area contributed by atoms with E-state index in [0.717, 1.165) is 43.4 Å². The first-order chi connectivity index (χ1) is 9.10. The van der Waals surface area contributed by atoms with E-state index >= 15 is 0 Å². The molecule has 4 aliphatic carbocycles. The van der Waals surface area contributed by atoms with Crippen LogP contribution in [0.4, 0.5) is 0 Å². The number of hydrogen-bond acceptors (Lipinski definition) is 2. The SMILES string of the molecule is CC1CCC(C#N)(C2(O)CC3CC2C2CCCC32)C1. The molecule has 0 aromatic rings. The Bertz CT molecular complexity index is 441. The standard InChI is InChI=1S/C17H25NO/c1-11-5-6-16(8-11,10-18)17(19)9-12-7-15(17)14-4-2-3-13(12)14/h11-15,19H,2-9H2,1H3. The average molecular weight is 259 g/mol. The van der Waals surface area contributed by atoms with Gasteiger partial charge in [0, 0.05) is 0 Å². The number of hydrogen-bond donors (Lipinski definition) is 1. The van der Waals surface area contributed by atoms with E-state index in [-0.39, 0.29) is 0 Å². The van der Waals surface area contributed by atoms with E-state index in [9.17, 15) is 10.4 Å². The third-order valence-corrected chi connectivity index (χ3v) is 7.29. The van der Waals surface area contributed by atoms with E-state index in [0.29, 0.717) is 11.8 Å². The Morgan fingerprint density at radius 3 is 2.63 bits per heavy atom. The molecule has 2 bridgehead atoms. The molecule has 7 unspecified atom stereocenters. The third kappa shape index (κ3) is 1.35. The highest BCUT2D eigenvalue weighted by atomic mass is 16.3. The monoisotopic (exact) mass is 259 g/mol. The van der Waals surface area contributed by atoms with E-state index in [1.807, 2.05) is 0 Å². The molecular formula is C17H25NO. The summed E-state index contributed by atoms with van der Waals surface area (Å²) in [6.45, 7) is 2.24. The topological polar surface area (TPSA) is 44.0 Å². The van der Waals surface area contributed by atoms with Gasteiger partial charge in [0.2, 0.25) is 0 Å². The van der Waals surface area contributed by atoms with Crippen LogP contribution in [0.5, 0.6) is 0 Å². The minimum Gasteiger partial charge on any atom is -0.388 e. The molecule has 4 aliphatic rings. The highest BCUT2D eigenvalue weighted by Crippen LogP contribution is 2.68. The van der Waals surface area contributed by atoms with Crippen molar-refractivity contribution in [3.05, 3.63) is 0 Å². The van der Waals surface area contributed by atoms with Crippen LogP contribution in [0, 0.1) is 46.3 Å². The number of nitrogens with zero attached hydrogens (tertiary/aromatic N) is 1. The lowest BCUT2D eigenvalue weighted by Crippen LogP contribution is -2.53. The van der Waals surface area contributed by atoms with E-state index in [1.54, 1.807) is 0 Å². The van der Waals surface area contributed by atoms with Gasteiger partial charge in [0.05, 0.1) is 17.1 Å². The maximum absolute atomic E-state index is 11.5. The summed E-state index contributed by atoms with van der Waals surface area (Å²) < 4.78 is 0. The maximum Gasteiger partial charge on any atom is 0.0866 e. The Morgan fingerprint density at radius 2 is 1.95 bits per heavy atom. The Kier molecular flexibility index (Phi) is 2.41. The van der Waals surface area contributed by atoms with Crippen molar-refractivity contribution in [2.45, 2.75) is 63.9 Å². The number of fused-ring (bicyclic) bond motifs is 5. The molecule has 0 saturated heterocycles. The van der Waals surface area contributed by atoms with Crippen LogP contribution in [0.15, 0.2) is 0 Å². The molecule has 4 rings (SSSR count). The number of aliphatic hydroxyl groups is 1. The van der Waals surface area contributed by atoms with E-state index < -0.39 is 11.0 Å². The zero-order valence-electron chi connectivity index (χ0n) is 11.9. The molecule has 0 aliphatic heterocycles. The van der Waals surface area contributed by atoms with Crippen molar-refractivity contribution in [1.82, 2.24) is 0 Å². The lowest BCUT2D eigenvalue weighted by molar-refractivity contribution is -0.119. The second-order valence-electron chi connectivity index (χ2n) is 8.03. The normalized spacial score (nSPS) is 59.3. The fourth-order valence-corrected chi connectivity index (χ4v) is 6.55. The van der Waals surface area contributed by atoms with Gasteiger partial charge in [-0.05, 0) is 74.5 Å². The van der Waals surface area contributed by atoms with Crippen molar-refractivity contribution >= 4 is 0 Å². The molecule has 4 saturated carbocycles. The summed E-state index contributed by atoms with van der Waals surface area (Å²) in [5, 5.41) is 21.3.